The van der Waals surface area contributed by atoms with Gasteiger partial charge in [-0.1, -0.05) is 0 Å². The van der Waals surface area contributed by atoms with Gasteiger partial charge < -0.3 is 34.3 Å². The third-order valence-corrected chi connectivity index (χ3v) is 5.18. The Bertz CT molecular complexity index is 850. The predicted molar refractivity (Wildman–Crippen MR) is 111 cm³/mol. The summed E-state index contributed by atoms with van der Waals surface area (Å²) in [6.07, 6.45) is 0. The smallest absolute Gasteiger partial charge is 0.338 e. The molecule has 0 saturated carbocycles. The SMILES string of the molecule is CCOC(=O)C1=C(CN2CCOCC2)NC(=O)N[C@@H]1c1cc(OC)c(OC)cc1OC. The van der Waals surface area contributed by atoms with Crippen LogP contribution < -0.4 is 24.8 Å². The average molecular weight is 435 g/mol. The summed E-state index contributed by atoms with van der Waals surface area (Å²) in [4.78, 5) is 27.7. The maximum absolute atomic E-state index is 13.0. The minimum absolute atomic E-state index is 0.205. The molecule has 2 aliphatic rings. The van der Waals surface area contributed by atoms with E-state index in [2.05, 4.69) is 15.5 Å². The predicted octanol–water partition coefficient (Wildman–Crippen LogP) is 1.22. The first kappa shape index (κ1) is 22.7. The second-order valence-corrected chi connectivity index (χ2v) is 6.98. The fraction of sp³-hybridized carbons (Fsp3) is 0.524. The van der Waals surface area contributed by atoms with Gasteiger partial charge in [-0.3, -0.25) is 4.90 Å². The van der Waals surface area contributed by atoms with Crippen LogP contribution in [0.5, 0.6) is 17.2 Å². The number of carbonyl (C=O) groups is 2. The number of methoxy groups -OCH3 is 3. The molecule has 10 nitrogen and oxygen atoms in total. The molecule has 2 amide bonds. The molecule has 31 heavy (non-hydrogen) atoms. The van der Waals surface area contributed by atoms with Gasteiger partial charge in [0.1, 0.15) is 5.75 Å². The van der Waals surface area contributed by atoms with Gasteiger partial charge in [0.05, 0.1) is 52.8 Å². The maximum Gasteiger partial charge on any atom is 0.338 e. The Labute approximate surface area is 181 Å². The second kappa shape index (κ2) is 10.4. The van der Waals surface area contributed by atoms with Crippen LogP contribution in [0.25, 0.3) is 0 Å². The van der Waals surface area contributed by atoms with Crippen molar-refractivity contribution in [1.82, 2.24) is 15.5 Å². The first-order valence-corrected chi connectivity index (χ1v) is 10.1. The van der Waals surface area contributed by atoms with Crippen LogP contribution in [-0.4, -0.2) is 77.7 Å². The lowest BCUT2D eigenvalue weighted by molar-refractivity contribution is -0.139. The van der Waals surface area contributed by atoms with E-state index in [4.69, 9.17) is 23.7 Å². The molecule has 1 aromatic carbocycles. The molecule has 1 atom stereocenters. The molecule has 2 aliphatic heterocycles. The van der Waals surface area contributed by atoms with E-state index in [-0.39, 0.29) is 6.61 Å². The van der Waals surface area contributed by atoms with E-state index in [1.807, 2.05) is 0 Å². The molecule has 1 saturated heterocycles. The summed E-state index contributed by atoms with van der Waals surface area (Å²) in [5.74, 6) is 0.847. The lowest BCUT2D eigenvalue weighted by Gasteiger charge is -2.33. The van der Waals surface area contributed by atoms with Gasteiger partial charge >= 0.3 is 12.0 Å². The molecule has 3 rings (SSSR count). The van der Waals surface area contributed by atoms with Crippen LogP contribution in [0, 0.1) is 0 Å². The van der Waals surface area contributed by atoms with E-state index in [1.54, 1.807) is 19.1 Å². The number of amides is 2. The number of morpholine rings is 1. The van der Waals surface area contributed by atoms with Crippen molar-refractivity contribution in [3.63, 3.8) is 0 Å². The Kier molecular flexibility index (Phi) is 7.59. The van der Waals surface area contributed by atoms with Crippen molar-refractivity contribution in [3.8, 4) is 17.2 Å². The van der Waals surface area contributed by atoms with Crippen molar-refractivity contribution in [3.05, 3.63) is 29.0 Å². The highest BCUT2D eigenvalue weighted by Gasteiger charge is 2.36. The van der Waals surface area contributed by atoms with E-state index in [0.29, 0.717) is 66.9 Å². The number of carbonyl (C=O) groups excluding carboxylic acids is 2. The van der Waals surface area contributed by atoms with E-state index < -0.39 is 18.0 Å². The van der Waals surface area contributed by atoms with Gasteiger partial charge in [-0.2, -0.15) is 0 Å². The lowest BCUT2D eigenvalue weighted by atomic mass is 9.93. The molecule has 2 heterocycles. The van der Waals surface area contributed by atoms with Gasteiger partial charge in [-0.25, -0.2) is 9.59 Å². The topological polar surface area (TPSA) is 108 Å². The third-order valence-electron chi connectivity index (χ3n) is 5.18. The van der Waals surface area contributed by atoms with Crippen LogP contribution in [0.3, 0.4) is 0 Å². The van der Waals surface area contributed by atoms with Gasteiger partial charge in [-0.15, -0.1) is 0 Å². The summed E-state index contributed by atoms with van der Waals surface area (Å²) >= 11 is 0. The summed E-state index contributed by atoms with van der Waals surface area (Å²) in [5.41, 5.74) is 1.36. The Balaban J connectivity index is 2.10. The highest BCUT2D eigenvalue weighted by molar-refractivity contribution is 5.95. The Morgan fingerprint density at radius 1 is 1.10 bits per heavy atom. The highest BCUT2D eigenvalue weighted by Crippen LogP contribution is 2.41. The number of nitrogens with one attached hydrogen (secondary N) is 2. The number of ether oxygens (including phenoxy) is 5. The van der Waals surface area contributed by atoms with Crippen molar-refractivity contribution >= 4 is 12.0 Å². The Morgan fingerprint density at radius 2 is 1.74 bits per heavy atom. The Morgan fingerprint density at radius 3 is 2.35 bits per heavy atom. The zero-order chi connectivity index (χ0) is 22.4. The third kappa shape index (κ3) is 5.02. The number of hydrogen-bond donors (Lipinski definition) is 2. The van der Waals surface area contributed by atoms with Crippen molar-refractivity contribution in [2.24, 2.45) is 0 Å². The molecule has 2 N–H and O–H groups in total. The van der Waals surface area contributed by atoms with Gasteiger partial charge in [-0.05, 0) is 13.0 Å². The molecule has 0 aliphatic carbocycles. The van der Waals surface area contributed by atoms with Crippen LogP contribution in [-0.2, 0) is 14.3 Å². The number of nitrogens with zero attached hydrogens (tertiary/aromatic N) is 1. The van der Waals surface area contributed by atoms with Crippen LogP contribution in [0.1, 0.15) is 18.5 Å². The Hall–Kier alpha value is -2.98. The fourth-order valence-electron chi connectivity index (χ4n) is 3.69. The molecule has 10 heteroatoms. The quantitative estimate of drug-likeness (QED) is 0.587. The lowest BCUT2D eigenvalue weighted by Crippen LogP contribution is -2.49. The van der Waals surface area contributed by atoms with E-state index in [1.165, 1.54) is 21.3 Å². The first-order valence-electron chi connectivity index (χ1n) is 10.1. The van der Waals surface area contributed by atoms with E-state index in [9.17, 15) is 9.59 Å². The maximum atomic E-state index is 13.0. The summed E-state index contributed by atoms with van der Waals surface area (Å²) in [5, 5.41) is 5.62. The molecule has 170 valence electrons. The van der Waals surface area contributed by atoms with Crippen molar-refractivity contribution < 1.29 is 33.3 Å². The number of benzene rings is 1. The number of urea groups is 1. The number of rotatable bonds is 8. The van der Waals surface area contributed by atoms with Crippen LogP contribution in [0.15, 0.2) is 23.4 Å². The number of esters is 1. The van der Waals surface area contributed by atoms with E-state index >= 15 is 0 Å². The fourth-order valence-corrected chi connectivity index (χ4v) is 3.69. The molecule has 0 unspecified atom stereocenters. The zero-order valence-corrected chi connectivity index (χ0v) is 18.3. The molecule has 0 aromatic heterocycles. The van der Waals surface area contributed by atoms with Gasteiger partial charge in [0.15, 0.2) is 11.5 Å². The zero-order valence-electron chi connectivity index (χ0n) is 18.3. The first-order chi connectivity index (χ1) is 15.0. The summed E-state index contributed by atoms with van der Waals surface area (Å²) in [7, 11) is 4.55. The highest BCUT2D eigenvalue weighted by atomic mass is 16.5. The molecular formula is C21H29N3O7. The van der Waals surface area contributed by atoms with Crippen LogP contribution >= 0.6 is 0 Å². The standard InChI is InChI=1S/C21H29N3O7/c1-5-31-20(25)18-14(12-24-6-8-30-9-7-24)22-21(26)23-19(18)13-10-16(28-3)17(29-4)11-15(13)27-2/h10-11,19H,5-9,12H2,1-4H3,(H2,22,23,26)/t19-/m1/s1. The summed E-state index contributed by atoms with van der Waals surface area (Å²) in [6.45, 7) is 4.93. The molecule has 0 bridgehead atoms. The monoisotopic (exact) mass is 435 g/mol. The average Bonchev–Trinajstić information content (AvgIpc) is 2.78. The van der Waals surface area contributed by atoms with Crippen LogP contribution in [0.2, 0.25) is 0 Å². The normalized spacial score (nSPS) is 19.4. The van der Waals surface area contributed by atoms with Gasteiger partial charge in [0, 0.05) is 37.0 Å². The molecule has 0 spiro atoms. The van der Waals surface area contributed by atoms with E-state index in [0.717, 1.165) is 0 Å². The number of hydrogen-bond acceptors (Lipinski definition) is 8. The van der Waals surface area contributed by atoms with Gasteiger partial charge in [0.2, 0.25) is 0 Å². The second-order valence-electron chi connectivity index (χ2n) is 6.98. The molecule has 1 fully saturated rings. The van der Waals surface area contributed by atoms with Crippen molar-refractivity contribution in [2.75, 3.05) is 60.8 Å². The minimum Gasteiger partial charge on any atom is -0.496 e. The van der Waals surface area contributed by atoms with Crippen molar-refractivity contribution in [2.45, 2.75) is 13.0 Å². The van der Waals surface area contributed by atoms with Gasteiger partial charge in [0.25, 0.3) is 0 Å². The summed E-state index contributed by atoms with van der Waals surface area (Å²) < 4.78 is 27.0. The summed E-state index contributed by atoms with van der Waals surface area (Å²) in [6, 6.07) is 2.14. The van der Waals surface area contributed by atoms with Crippen LogP contribution in [0.4, 0.5) is 4.79 Å². The molecule has 1 aromatic rings. The molecule has 0 radical (unpaired) electrons. The molecular weight excluding hydrogens is 406 g/mol. The van der Waals surface area contributed by atoms with Crippen molar-refractivity contribution in [1.29, 1.82) is 0 Å². The largest absolute Gasteiger partial charge is 0.496 e. The minimum atomic E-state index is -0.793.